The number of hydrogen-bond acceptors (Lipinski definition) is 5. The zero-order valence-corrected chi connectivity index (χ0v) is 14.9. The molecule has 0 radical (unpaired) electrons. The number of nitrogens with zero attached hydrogens (tertiary/aromatic N) is 2. The molecule has 1 atom stereocenters. The van der Waals surface area contributed by atoms with Gasteiger partial charge in [0.15, 0.2) is 5.69 Å². The van der Waals surface area contributed by atoms with E-state index in [1.807, 2.05) is 0 Å². The average molecular weight is 347 g/mol. The van der Waals surface area contributed by atoms with Crippen LogP contribution in [0.5, 0.6) is 0 Å². The molecule has 0 aliphatic rings. The molecule has 22 heavy (non-hydrogen) atoms. The summed E-state index contributed by atoms with van der Waals surface area (Å²) in [7, 11) is 0. The van der Waals surface area contributed by atoms with E-state index in [4.69, 9.17) is 16.3 Å². The summed E-state index contributed by atoms with van der Waals surface area (Å²) < 4.78 is 4.91. The molecule has 1 unspecified atom stereocenters. The van der Waals surface area contributed by atoms with Crippen LogP contribution in [0, 0.1) is 0 Å². The van der Waals surface area contributed by atoms with E-state index in [-0.39, 0.29) is 5.91 Å². The van der Waals surface area contributed by atoms with Gasteiger partial charge in [0.05, 0.1) is 13.2 Å². The quantitative estimate of drug-likeness (QED) is 0.390. The molecule has 0 aromatic carbocycles. The second-order valence-corrected chi connectivity index (χ2v) is 6.53. The Bertz CT molecular complexity index is 491. The number of aromatic nitrogens is 1. The van der Waals surface area contributed by atoms with Gasteiger partial charge in [-0.2, -0.15) is 0 Å². The van der Waals surface area contributed by atoms with Gasteiger partial charge in [0.25, 0.3) is 0 Å². The van der Waals surface area contributed by atoms with Gasteiger partial charge in [-0.25, -0.2) is 9.78 Å². The molecule has 0 saturated heterocycles. The van der Waals surface area contributed by atoms with E-state index in [2.05, 4.69) is 11.9 Å². The van der Waals surface area contributed by atoms with Crippen molar-refractivity contribution in [2.24, 2.45) is 0 Å². The molecule has 1 amide bonds. The summed E-state index contributed by atoms with van der Waals surface area (Å²) in [6, 6.07) is 0. The van der Waals surface area contributed by atoms with Crippen molar-refractivity contribution in [3.05, 3.63) is 16.1 Å². The van der Waals surface area contributed by atoms with E-state index >= 15 is 0 Å². The Kier molecular flexibility index (Phi) is 8.42. The fourth-order valence-electron chi connectivity index (χ4n) is 1.92. The van der Waals surface area contributed by atoms with Gasteiger partial charge in [-0.1, -0.05) is 19.8 Å². The number of amides is 1. The van der Waals surface area contributed by atoms with E-state index in [0.29, 0.717) is 30.4 Å². The van der Waals surface area contributed by atoms with Gasteiger partial charge in [-0.3, -0.25) is 4.79 Å². The van der Waals surface area contributed by atoms with Crippen molar-refractivity contribution < 1.29 is 14.3 Å². The lowest BCUT2D eigenvalue weighted by Crippen LogP contribution is -2.36. The fraction of sp³-hybridized carbons (Fsp3) is 0.667. The Balaban J connectivity index is 2.72. The molecule has 0 saturated carbocycles. The van der Waals surface area contributed by atoms with Crippen LogP contribution in [0.4, 0.5) is 0 Å². The third kappa shape index (κ3) is 5.93. The van der Waals surface area contributed by atoms with Crippen molar-refractivity contribution in [1.29, 1.82) is 0 Å². The topological polar surface area (TPSA) is 59.5 Å². The van der Waals surface area contributed by atoms with Crippen LogP contribution in [0.2, 0.25) is 0 Å². The van der Waals surface area contributed by atoms with Gasteiger partial charge < -0.3 is 9.64 Å². The molecule has 5 nitrogen and oxygen atoms in total. The van der Waals surface area contributed by atoms with Crippen molar-refractivity contribution in [1.82, 2.24) is 9.88 Å². The minimum Gasteiger partial charge on any atom is -0.461 e. The number of carbonyl (C=O) groups excluding carboxylic acids is 2. The molecule has 1 aromatic rings. The van der Waals surface area contributed by atoms with Crippen molar-refractivity contribution in [3.63, 3.8) is 0 Å². The fourth-order valence-corrected chi connectivity index (χ4v) is 2.83. The highest BCUT2D eigenvalue weighted by atomic mass is 35.5. The normalized spacial score (nSPS) is 12.0. The maximum Gasteiger partial charge on any atom is 0.357 e. The van der Waals surface area contributed by atoms with Gasteiger partial charge in [-0.15, -0.1) is 22.9 Å². The van der Waals surface area contributed by atoms with Crippen LogP contribution in [0.3, 0.4) is 0 Å². The summed E-state index contributed by atoms with van der Waals surface area (Å²) in [4.78, 5) is 29.7. The molecule has 0 N–H and O–H groups in total. The molecule has 1 rings (SSSR count). The third-order valence-corrected chi connectivity index (χ3v) is 4.07. The Morgan fingerprint density at radius 1 is 1.41 bits per heavy atom. The van der Waals surface area contributed by atoms with Gasteiger partial charge in [-0.05, 0) is 20.3 Å². The zero-order valence-electron chi connectivity index (χ0n) is 13.3. The predicted octanol–water partition coefficient (Wildman–Crippen LogP) is 3.47. The molecule has 124 valence electrons. The minimum atomic E-state index is -0.564. The Labute approximate surface area is 140 Å². The zero-order chi connectivity index (χ0) is 16.5. The first-order valence-electron chi connectivity index (χ1n) is 7.53. The van der Waals surface area contributed by atoms with Crippen molar-refractivity contribution >= 4 is 34.8 Å². The van der Waals surface area contributed by atoms with E-state index in [9.17, 15) is 9.59 Å². The number of esters is 1. The number of hydrogen-bond donors (Lipinski definition) is 0. The number of thiazole rings is 1. The summed E-state index contributed by atoms with van der Waals surface area (Å²) >= 11 is 7.27. The van der Waals surface area contributed by atoms with Crippen molar-refractivity contribution in [2.45, 2.75) is 52.0 Å². The Morgan fingerprint density at radius 3 is 2.73 bits per heavy atom. The molecule has 1 aromatic heterocycles. The second-order valence-electron chi connectivity index (χ2n) is 4.93. The van der Waals surface area contributed by atoms with E-state index < -0.39 is 11.3 Å². The lowest BCUT2D eigenvalue weighted by atomic mass is 10.2. The third-order valence-electron chi connectivity index (χ3n) is 3.05. The molecule has 1 heterocycles. The molecule has 0 bridgehead atoms. The molecule has 0 aliphatic carbocycles. The number of rotatable bonds is 9. The van der Waals surface area contributed by atoms with Gasteiger partial charge >= 0.3 is 5.97 Å². The summed E-state index contributed by atoms with van der Waals surface area (Å²) in [5, 5.41) is 1.81. The first-order valence-corrected chi connectivity index (χ1v) is 8.85. The second kappa shape index (κ2) is 9.79. The monoisotopic (exact) mass is 346 g/mol. The van der Waals surface area contributed by atoms with Crippen LogP contribution in [-0.4, -0.2) is 40.3 Å². The molecule has 7 heteroatoms. The smallest absolute Gasteiger partial charge is 0.357 e. The maximum atomic E-state index is 12.2. The number of ether oxygens (including phenoxy) is 1. The maximum absolute atomic E-state index is 12.2. The lowest BCUT2D eigenvalue weighted by Gasteiger charge is -2.22. The predicted molar refractivity (Wildman–Crippen MR) is 88.3 cm³/mol. The number of unbranched alkanes of at least 4 members (excludes halogenated alkanes) is 2. The van der Waals surface area contributed by atoms with Crippen LogP contribution in [0.1, 0.15) is 55.5 Å². The average Bonchev–Trinajstić information content (AvgIpc) is 2.94. The SMILES string of the molecule is CCCCCN(Cc1nc(C(=O)OCC)cs1)C(=O)C(C)Cl. The van der Waals surface area contributed by atoms with Gasteiger partial charge in [0.1, 0.15) is 10.4 Å². The highest BCUT2D eigenvalue weighted by Gasteiger charge is 2.20. The highest BCUT2D eigenvalue weighted by Crippen LogP contribution is 2.16. The Morgan fingerprint density at radius 2 is 2.14 bits per heavy atom. The van der Waals surface area contributed by atoms with Gasteiger partial charge in [0, 0.05) is 11.9 Å². The summed E-state index contributed by atoms with van der Waals surface area (Å²) in [6.45, 7) is 6.88. The van der Waals surface area contributed by atoms with E-state index in [1.165, 1.54) is 11.3 Å². The van der Waals surface area contributed by atoms with Crippen molar-refractivity contribution in [2.75, 3.05) is 13.2 Å². The molecule has 0 spiro atoms. The van der Waals surface area contributed by atoms with Crippen LogP contribution in [0.25, 0.3) is 0 Å². The van der Waals surface area contributed by atoms with Crippen molar-refractivity contribution in [3.8, 4) is 0 Å². The first-order chi connectivity index (χ1) is 10.5. The standard InChI is InChI=1S/C15H23ClN2O3S/c1-4-6-7-8-18(14(19)11(3)16)9-13-17-12(10-22-13)15(20)21-5-2/h10-11H,4-9H2,1-3H3. The Hall–Kier alpha value is -1.14. The number of alkyl halides is 1. The van der Waals surface area contributed by atoms with Crippen LogP contribution >= 0.6 is 22.9 Å². The summed E-state index contributed by atoms with van der Waals surface area (Å²) in [6.07, 6.45) is 3.08. The van der Waals surface area contributed by atoms with Crippen LogP contribution in [-0.2, 0) is 16.1 Å². The van der Waals surface area contributed by atoms with Gasteiger partial charge in [0.2, 0.25) is 5.91 Å². The largest absolute Gasteiger partial charge is 0.461 e. The van der Waals surface area contributed by atoms with Crippen LogP contribution < -0.4 is 0 Å². The lowest BCUT2D eigenvalue weighted by molar-refractivity contribution is -0.131. The minimum absolute atomic E-state index is 0.106. The first kappa shape index (κ1) is 18.9. The van der Waals surface area contributed by atoms with Crippen LogP contribution in [0.15, 0.2) is 5.38 Å². The molecular weight excluding hydrogens is 324 g/mol. The summed E-state index contributed by atoms with van der Waals surface area (Å²) in [5.74, 6) is -0.537. The number of carbonyl (C=O) groups is 2. The molecule has 0 fully saturated rings. The highest BCUT2D eigenvalue weighted by molar-refractivity contribution is 7.09. The van der Waals surface area contributed by atoms with E-state index in [0.717, 1.165) is 19.3 Å². The number of halogens is 1. The van der Waals surface area contributed by atoms with E-state index in [1.54, 1.807) is 24.1 Å². The summed E-state index contributed by atoms with van der Waals surface area (Å²) in [5.41, 5.74) is 0.293. The molecule has 0 aliphatic heterocycles. The molecular formula is C15H23ClN2O3S.